The van der Waals surface area contributed by atoms with Gasteiger partial charge in [0.1, 0.15) is 0 Å². The van der Waals surface area contributed by atoms with Crippen molar-refractivity contribution in [3.05, 3.63) is 0 Å². The van der Waals surface area contributed by atoms with Gasteiger partial charge in [0.05, 0.1) is 6.04 Å². The third kappa shape index (κ3) is 2.65. The number of Topliss-reactive ketones (excluding diaryl/α,β-unsaturated/α-hetero) is 1. The molecule has 0 aromatic heterocycles. The molecule has 1 heterocycles. The first kappa shape index (κ1) is 11.7. The van der Waals surface area contributed by atoms with Crippen molar-refractivity contribution < 1.29 is 4.79 Å². The van der Waals surface area contributed by atoms with Crippen molar-refractivity contribution in [1.82, 2.24) is 5.32 Å². The number of hydrogen-bond donors (Lipinski definition) is 1. The first-order valence-electron chi connectivity index (χ1n) is 6.53. The van der Waals surface area contributed by atoms with Gasteiger partial charge < -0.3 is 5.32 Å². The highest BCUT2D eigenvalue weighted by Crippen LogP contribution is 2.32. The standard InChI is InChI=1S/C14H21NO/c1-2-3-8-14(16)13-10-9-11-6-4-5-7-12(11)15-13/h1,11-13,15H,3-10H2. The fourth-order valence-corrected chi connectivity index (χ4v) is 3.12. The third-order valence-corrected chi connectivity index (χ3v) is 4.05. The molecule has 1 N–H and O–H groups in total. The minimum absolute atomic E-state index is 0.0905. The largest absolute Gasteiger partial charge is 0.304 e. The maximum absolute atomic E-state index is 11.9. The van der Waals surface area contributed by atoms with Crippen LogP contribution in [0.25, 0.3) is 0 Å². The molecule has 3 unspecified atom stereocenters. The topological polar surface area (TPSA) is 29.1 Å². The quantitative estimate of drug-likeness (QED) is 0.738. The van der Waals surface area contributed by atoms with Crippen molar-refractivity contribution >= 4 is 5.78 Å². The molecule has 0 radical (unpaired) electrons. The Balaban J connectivity index is 1.85. The van der Waals surface area contributed by atoms with Gasteiger partial charge >= 0.3 is 0 Å². The molecular formula is C14H21NO. The van der Waals surface area contributed by atoms with Gasteiger partial charge in [-0.15, -0.1) is 12.3 Å². The maximum Gasteiger partial charge on any atom is 0.150 e. The maximum atomic E-state index is 11.9. The predicted molar refractivity (Wildman–Crippen MR) is 65.0 cm³/mol. The van der Waals surface area contributed by atoms with Crippen molar-refractivity contribution in [3.8, 4) is 12.3 Å². The second-order valence-corrected chi connectivity index (χ2v) is 5.12. The van der Waals surface area contributed by atoms with Gasteiger partial charge in [-0.3, -0.25) is 4.79 Å². The van der Waals surface area contributed by atoms with Crippen molar-refractivity contribution in [2.24, 2.45) is 5.92 Å². The van der Waals surface area contributed by atoms with E-state index in [-0.39, 0.29) is 6.04 Å². The van der Waals surface area contributed by atoms with Crippen LogP contribution in [0.2, 0.25) is 0 Å². The van der Waals surface area contributed by atoms with Crippen LogP contribution in [0.4, 0.5) is 0 Å². The summed E-state index contributed by atoms with van der Waals surface area (Å²) in [6, 6.07) is 0.690. The van der Waals surface area contributed by atoms with Gasteiger partial charge in [0.15, 0.2) is 5.78 Å². The molecule has 0 spiro atoms. The highest BCUT2D eigenvalue weighted by Gasteiger charge is 2.33. The van der Waals surface area contributed by atoms with Crippen molar-refractivity contribution in [1.29, 1.82) is 0 Å². The summed E-state index contributed by atoms with van der Waals surface area (Å²) in [4.78, 5) is 11.9. The molecule has 0 aromatic carbocycles. The van der Waals surface area contributed by atoms with E-state index in [1.165, 1.54) is 32.1 Å². The van der Waals surface area contributed by atoms with Gasteiger partial charge in [0.25, 0.3) is 0 Å². The number of piperidine rings is 1. The zero-order valence-electron chi connectivity index (χ0n) is 9.87. The summed E-state index contributed by atoms with van der Waals surface area (Å²) in [7, 11) is 0. The summed E-state index contributed by atoms with van der Waals surface area (Å²) < 4.78 is 0. The lowest BCUT2D eigenvalue weighted by Gasteiger charge is -2.40. The zero-order chi connectivity index (χ0) is 11.4. The minimum atomic E-state index is 0.0905. The average Bonchev–Trinajstić information content (AvgIpc) is 2.35. The van der Waals surface area contributed by atoms with E-state index in [2.05, 4.69) is 11.2 Å². The molecule has 88 valence electrons. The summed E-state index contributed by atoms with van der Waals surface area (Å²) in [5, 5.41) is 3.55. The molecular weight excluding hydrogens is 198 g/mol. The van der Waals surface area contributed by atoms with E-state index in [9.17, 15) is 4.79 Å². The van der Waals surface area contributed by atoms with Crippen LogP contribution in [0.15, 0.2) is 0 Å². The molecule has 2 nitrogen and oxygen atoms in total. The van der Waals surface area contributed by atoms with E-state index < -0.39 is 0 Å². The highest BCUT2D eigenvalue weighted by molar-refractivity contribution is 5.84. The van der Waals surface area contributed by atoms with E-state index in [1.807, 2.05) is 0 Å². The summed E-state index contributed by atoms with van der Waals surface area (Å²) in [6.07, 6.45) is 13.9. The molecule has 2 aliphatic rings. The number of fused-ring (bicyclic) bond motifs is 1. The Morgan fingerprint density at radius 3 is 2.88 bits per heavy atom. The monoisotopic (exact) mass is 219 g/mol. The number of rotatable bonds is 3. The third-order valence-electron chi connectivity index (χ3n) is 4.05. The second kappa shape index (κ2) is 5.50. The summed E-state index contributed by atoms with van der Waals surface area (Å²) in [6.45, 7) is 0. The normalized spacial score (nSPS) is 33.8. The van der Waals surface area contributed by atoms with Gasteiger partial charge in [-0.05, 0) is 31.6 Å². The fraction of sp³-hybridized carbons (Fsp3) is 0.786. The summed E-state index contributed by atoms with van der Waals surface area (Å²) in [5.74, 6) is 3.69. The first-order chi connectivity index (χ1) is 7.81. The molecule has 0 bridgehead atoms. The summed E-state index contributed by atoms with van der Waals surface area (Å²) in [5.41, 5.74) is 0. The molecule has 3 atom stereocenters. The van der Waals surface area contributed by atoms with Crippen LogP contribution >= 0.6 is 0 Å². The molecule has 0 aromatic rings. The zero-order valence-corrected chi connectivity index (χ0v) is 9.87. The Hall–Kier alpha value is -0.810. The molecule has 1 saturated heterocycles. The number of terminal acetylenes is 1. The number of carbonyl (C=O) groups is 1. The average molecular weight is 219 g/mol. The second-order valence-electron chi connectivity index (χ2n) is 5.12. The number of ketones is 1. The van der Waals surface area contributed by atoms with Crippen molar-refractivity contribution in [2.75, 3.05) is 0 Å². The number of carbonyl (C=O) groups excluding carboxylic acids is 1. The molecule has 1 saturated carbocycles. The Morgan fingerprint density at radius 1 is 1.25 bits per heavy atom. The lowest BCUT2D eigenvalue weighted by Crippen LogP contribution is -2.51. The van der Waals surface area contributed by atoms with Crippen LogP contribution in [-0.2, 0) is 4.79 Å². The van der Waals surface area contributed by atoms with E-state index in [0.29, 0.717) is 24.7 Å². The fourth-order valence-electron chi connectivity index (χ4n) is 3.12. The van der Waals surface area contributed by atoms with E-state index in [1.54, 1.807) is 0 Å². The molecule has 1 aliphatic carbocycles. The molecule has 2 heteroatoms. The Morgan fingerprint density at radius 2 is 2.06 bits per heavy atom. The van der Waals surface area contributed by atoms with Crippen LogP contribution < -0.4 is 5.32 Å². The summed E-state index contributed by atoms with van der Waals surface area (Å²) >= 11 is 0. The Labute approximate surface area is 98.2 Å². The molecule has 2 fully saturated rings. The Bertz CT molecular complexity index is 292. The first-order valence-corrected chi connectivity index (χ1v) is 6.53. The van der Waals surface area contributed by atoms with Gasteiger partial charge in [-0.1, -0.05) is 12.8 Å². The van der Waals surface area contributed by atoms with Crippen LogP contribution in [0.1, 0.15) is 51.4 Å². The molecule has 1 aliphatic heterocycles. The lowest BCUT2D eigenvalue weighted by molar-refractivity contribution is -0.122. The van der Waals surface area contributed by atoms with Crippen LogP contribution in [0.3, 0.4) is 0 Å². The van der Waals surface area contributed by atoms with Crippen LogP contribution in [0.5, 0.6) is 0 Å². The minimum Gasteiger partial charge on any atom is -0.304 e. The smallest absolute Gasteiger partial charge is 0.150 e. The molecule has 16 heavy (non-hydrogen) atoms. The van der Waals surface area contributed by atoms with Gasteiger partial charge in [-0.2, -0.15) is 0 Å². The van der Waals surface area contributed by atoms with Crippen LogP contribution in [-0.4, -0.2) is 17.9 Å². The van der Waals surface area contributed by atoms with Gasteiger partial charge in [-0.25, -0.2) is 0 Å². The SMILES string of the molecule is C#CCCC(=O)C1CCC2CCCCC2N1. The van der Waals surface area contributed by atoms with Crippen molar-refractivity contribution in [2.45, 2.75) is 63.5 Å². The van der Waals surface area contributed by atoms with E-state index in [0.717, 1.165) is 12.3 Å². The lowest BCUT2D eigenvalue weighted by atomic mass is 9.77. The molecule has 0 amide bonds. The number of hydrogen-bond acceptors (Lipinski definition) is 2. The van der Waals surface area contributed by atoms with E-state index in [4.69, 9.17) is 6.42 Å². The van der Waals surface area contributed by atoms with E-state index >= 15 is 0 Å². The van der Waals surface area contributed by atoms with Gasteiger partial charge in [0, 0.05) is 18.9 Å². The highest BCUT2D eigenvalue weighted by atomic mass is 16.1. The Kier molecular flexibility index (Phi) is 4.01. The predicted octanol–water partition coefficient (Wildman–Crippen LogP) is 2.28. The van der Waals surface area contributed by atoms with Crippen LogP contribution in [0, 0.1) is 18.3 Å². The van der Waals surface area contributed by atoms with Gasteiger partial charge in [0.2, 0.25) is 0 Å². The van der Waals surface area contributed by atoms with Crippen molar-refractivity contribution in [3.63, 3.8) is 0 Å². The molecule has 2 rings (SSSR count). The number of nitrogens with one attached hydrogen (secondary N) is 1.